The lowest BCUT2D eigenvalue weighted by Crippen LogP contribution is -2.53. The number of rotatable bonds is 7. The highest BCUT2D eigenvalue weighted by Crippen LogP contribution is 2.19. The lowest BCUT2D eigenvalue weighted by atomic mass is 10.1. The van der Waals surface area contributed by atoms with Crippen LogP contribution in [0.2, 0.25) is 0 Å². The second-order valence-corrected chi connectivity index (χ2v) is 6.90. The molecule has 1 fully saturated rings. The second kappa shape index (κ2) is 7.43. The van der Waals surface area contributed by atoms with Crippen LogP contribution in [-0.2, 0) is 10.2 Å². The van der Waals surface area contributed by atoms with Crippen LogP contribution >= 0.6 is 0 Å². The van der Waals surface area contributed by atoms with Crippen molar-refractivity contribution in [1.82, 2.24) is 14.3 Å². The fraction of sp³-hybridized carbons (Fsp3) is 1.00. The first kappa shape index (κ1) is 15.9. The largest absolute Gasteiger partial charge is 0.315 e. The summed E-state index contributed by atoms with van der Waals surface area (Å²) in [6, 6.07) is 0.0442. The van der Waals surface area contributed by atoms with Gasteiger partial charge in [0.2, 0.25) is 0 Å². The molecule has 2 N–H and O–H groups in total. The summed E-state index contributed by atoms with van der Waals surface area (Å²) in [7, 11) is -3.33. The smallest absolute Gasteiger partial charge is 0.279 e. The van der Waals surface area contributed by atoms with Gasteiger partial charge >= 0.3 is 0 Å². The van der Waals surface area contributed by atoms with E-state index in [0.717, 1.165) is 38.8 Å². The van der Waals surface area contributed by atoms with Gasteiger partial charge in [-0.2, -0.15) is 17.4 Å². The molecule has 0 aliphatic carbocycles. The standard InChI is InChI=1S/C12H27N3O2S/c1-4-8-13-10-12-7-5-6-9-15(12)18(16,17)14-11(2)3/h11-14H,4-10H2,1-3H3. The SMILES string of the molecule is CCCNCC1CCCCN1S(=O)(=O)NC(C)C. The molecular formula is C12H27N3O2S. The van der Waals surface area contributed by atoms with Crippen molar-refractivity contribution >= 4 is 10.2 Å². The molecule has 6 heteroatoms. The Hall–Kier alpha value is -0.170. The molecule has 108 valence electrons. The average Bonchev–Trinajstić information content (AvgIpc) is 2.28. The van der Waals surface area contributed by atoms with Gasteiger partial charge in [0, 0.05) is 25.2 Å². The highest BCUT2D eigenvalue weighted by Gasteiger charge is 2.32. The van der Waals surface area contributed by atoms with E-state index in [1.807, 2.05) is 13.8 Å². The summed E-state index contributed by atoms with van der Waals surface area (Å²) < 4.78 is 28.8. The summed E-state index contributed by atoms with van der Waals surface area (Å²) in [4.78, 5) is 0. The quantitative estimate of drug-likeness (QED) is 0.685. The van der Waals surface area contributed by atoms with E-state index in [4.69, 9.17) is 0 Å². The van der Waals surface area contributed by atoms with Crippen LogP contribution in [0.3, 0.4) is 0 Å². The zero-order chi connectivity index (χ0) is 13.6. The molecule has 1 saturated heterocycles. The van der Waals surface area contributed by atoms with E-state index in [0.29, 0.717) is 6.54 Å². The number of hydrogen-bond acceptors (Lipinski definition) is 3. The van der Waals surface area contributed by atoms with Crippen LogP contribution in [0.25, 0.3) is 0 Å². The van der Waals surface area contributed by atoms with Crippen molar-refractivity contribution in [2.24, 2.45) is 0 Å². The third kappa shape index (κ3) is 4.84. The molecule has 0 aromatic carbocycles. The minimum absolute atomic E-state index is 0.0545. The molecule has 0 radical (unpaired) electrons. The van der Waals surface area contributed by atoms with Crippen LogP contribution in [-0.4, -0.2) is 44.4 Å². The molecule has 0 bridgehead atoms. The fourth-order valence-electron chi connectivity index (χ4n) is 2.31. The summed E-state index contributed by atoms with van der Waals surface area (Å²) in [6.07, 6.45) is 4.11. The summed E-state index contributed by atoms with van der Waals surface area (Å²) in [5.74, 6) is 0. The molecule has 1 unspecified atom stereocenters. The van der Waals surface area contributed by atoms with Gasteiger partial charge in [0.05, 0.1) is 0 Å². The van der Waals surface area contributed by atoms with Crippen LogP contribution in [0.4, 0.5) is 0 Å². The van der Waals surface area contributed by atoms with Gasteiger partial charge in [0.1, 0.15) is 0 Å². The Morgan fingerprint density at radius 1 is 1.33 bits per heavy atom. The van der Waals surface area contributed by atoms with Gasteiger partial charge in [-0.3, -0.25) is 0 Å². The van der Waals surface area contributed by atoms with Crippen LogP contribution < -0.4 is 10.0 Å². The maximum atomic E-state index is 12.2. The van der Waals surface area contributed by atoms with Gasteiger partial charge in [-0.25, -0.2) is 0 Å². The zero-order valence-corrected chi connectivity index (χ0v) is 12.6. The van der Waals surface area contributed by atoms with E-state index < -0.39 is 10.2 Å². The summed E-state index contributed by atoms with van der Waals surface area (Å²) in [5, 5.41) is 3.33. The van der Waals surface area contributed by atoms with Crippen molar-refractivity contribution in [1.29, 1.82) is 0 Å². The van der Waals surface area contributed by atoms with Crippen molar-refractivity contribution in [2.45, 2.75) is 58.5 Å². The highest BCUT2D eigenvalue weighted by molar-refractivity contribution is 7.87. The molecule has 0 amide bonds. The van der Waals surface area contributed by atoms with Crippen molar-refractivity contribution < 1.29 is 8.42 Å². The normalized spacial score (nSPS) is 22.6. The first-order chi connectivity index (χ1) is 8.47. The first-order valence-electron chi connectivity index (χ1n) is 6.97. The topological polar surface area (TPSA) is 61.4 Å². The lowest BCUT2D eigenvalue weighted by molar-refractivity contribution is 0.242. The molecule has 0 aromatic heterocycles. The molecular weight excluding hydrogens is 250 g/mol. The van der Waals surface area contributed by atoms with Gasteiger partial charge in [-0.05, 0) is 39.7 Å². The molecule has 1 aliphatic heterocycles. The summed E-state index contributed by atoms with van der Waals surface area (Å²) >= 11 is 0. The number of nitrogens with zero attached hydrogens (tertiary/aromatic N) is 1. The van der Waals surface area contributed by atoms with Crippen LogP contribution in [0, 0.1) is 0 Å². The minimum atomic E-state index is -3.33. The van der Waals surface area contributed by atoms with Crippen LogP contribution in [0.5, 0.6) is 0 Å². The second-order valence-electron chi connectivity index (χ2n) is 5.24. The molecule has 5 nitrogen and oxygen atoms in total. The molecule has 18 heavy (non-hydrogen) atoms. The summed E-state index contributed by atoms with van der Waals surface area (Å²) in [5.41, 5.74) is 0. The number of hydrogen-bond donors (Lipinski definition) is 2. The van der Waals surface area contributed by atoms with E-state index in [2.05, 4.69) is 17.0 Å². The third-order valence-corrected chi connectivity index (χ3v) is 4.94. The van der Waals surface area contributed by atoms with Crippen LogP contribution in [0.1, 0.15) is 46.5 Å². The molecule has 1 aliphatic rings. The molecule has 0 aromatic rings. The highest BCUT2D eigenvalue weighted by atomic mass is 32.2. The van der Waals surface area contributed by atoms with E-state index in [1.54, 1.807) is 4.31 Å². The fourth-order valence-corrected chi connectivity index (χ4v) is 3.98. The van der Waals surface area contributed by atoms with Gasteiger partial charge in [0.25, 0.3) is 10.2 Å². The number of nitrogens with one attached hydrogen (secondary N) is 2. The average molecular weight is 277 g/mol. The minimum Gasteiger partial charge on any atom is -0.315 e. The predicted molar refractivity (Wildman–Crippen MR) is 74.7 cm³/mol. The van der Waals surface area contributed by atoms with Crippen molar-refractivity contribution in [3.63, 3.8) is 0 Å². The first-order valence-corrected chi connectivity index (χ1v) is 8.41. The van der Waals surface area contributed by atoms with Gasteiger partial charge in [0.15, 0.2) is 0 Å². The van der Waals surface area contributed by atoms with E-state index in [9.17, 15) is 8.42 Å². The van der Waals surface area contributed by atoms with E-state index >= 15 is 0 Å². The summed E-state index contributed by atoms with van der Waals surface area (Å²) in [6.45, 7) is 8.16. The number of piperidine rings is 1. The molecule has 1 rings (SSSR count). The zero-order valence-electron chi connectivity index (χ0n) is 11.8. The Morgan fingerprint density at radius 2 is 2.06 bits per heavy atom. The van der Waals surface area contributed by atoms with E-state index in [1.165, 1.54) is 0 Å². The molecule has 1 atom stereocenters. The van der Waals surface area contributed by atoms with Crippen molar-refractivity contribution in [2.75, 3.05) is 19.6 Å². The monoisotopic (exact) mass is 277 g/mol. The van der Waals surface area contributed by atoms with Crippen molar-refractivity contribution in [3.05, 3.63) is 0 Å². The van der Waals surface area contributed by atoms with Gasteiger partial charge < -0.3 is 5.32 Å². The lowest BCUT2D eigenvalue weighted by Gasteiger charge is -2.35. The van der Waals surface area contributed by atoms with E-state index in [-0.39, 0.29) is 12.1 Å². The molecule has 0 saturated carbocycles. The third-order valence-electron chi connectivity index (χ3n) is 3.07. The van der Waals surface area contributed by atoms with Gasteiger partial charge in [-0.1, -0.05) is 13.3 Å². The molecule has 0 spiro atoms. The Kier molecular flexibility index (Phi) is 6.55. The Balaban J connectivity index is 2.63. The Bertz CT molecular complexity index is 330. The van der Waals surface area contributed by atoms with Crippen molar-refractivity contribution in [3.8, 4) is 0 Å². The maximum Gasteiger partial charge on any atom is 0.279 e. The predicted octanol–water partition coefficient (Wildman–Crippen LogP) is 1.08. The van der Waals surface area contributed by atoms with Crippen LogP contribution in [0.15, 0.2) is 0 Å². The maximum absolute atomic E-state index is 12.2. The molecule has 1 heterocycles. The Labute approximate surface area is 112 Å². The Morgan fingerprint density at radius 3 is 2.67 bits per heavy atom. The van der Waals surface area contributed by atoms with Gasteiger partial charge in [-0.15, -0.1) is 0 Å².